The van der Waals surface area contributed by atoms with Crippen molar-refractivity contribution in [3.05, 3.63) is 62.6 Å². The summed E-state index contributed by atoms with van der Waals surface area (Å²) in [6, 6.07) is 5.42. The van der Waals surface area contributed by atoms with Crippen LogP contribution in [-0.2, 0) is 6.42 Å². The van der Waals surface area contributed by atoms with Gasteiger partial charge in [0.15, 0.2) is 5.76 Å². The molecule has 2 aromatic rings. The topological polar surface area (TPSA) is 139 Å². The van der Waals surface area contributed by atoms with Crippen molar-refractivity contribution < 1.29 is 18.9 Å². The molecule has 0 bridgehead atoms. The van der Waals surface area contributed by atoms with E-state index in [0.29, 0.717) is 35.4 Å². The van der Waals surface area contributed by atoms with E-state index < -0.39 is 10.8 Å². The smallest absolute Gasteiger partial charge is 0.301 e. The fourth-order valence-corrected chi connectivity index (χ4v) is 3.24. The Hall–Kier alpha value is -3.53. The number of nitro groups is 1. The molecule has 164 valence electrons. The molecule has 0 atom stereocenters. The van der Waals surface area contributed by atoms with Crippen LogP contribution in [0.2, 0.25) is 0 Å². The second-order valence-corrected chi connectivity index (χ2v) is 8.34. The van der Waals surface area contributed by atoms with Crippen LogP contribution in [0, 0.1) is 17.0 Å². The molecule has 2 amide bonds. The van der Waals surface area contributed by atoms with Crippen LogP contribution in [0.4, 0.5) is 5.69 Å². The van der Waals surface area contributed by atoms with E-state index in [1.54, 1.807) is 6.92 Å². The van der Waals surface area contributed by atoms with Gasteiger partial charge in [-0.25, -0.2) is 10.9 Å². The molecule has 31 heavy (non-hydrogen) atoms. The van der Waals surface area contributed by atoms with Gasteiger partial charge >= 0.3 is 5.91 Å². The third-order valence-corrected chi connectivity index (χ3v) is 4.69. The second kappa shape index (κ2) is 8.68. The molecule has 0 saturated heterocycles. The normalized spacial score (nSPS) is 14.8. The fourth-order valence-electron chi connectivity index (χ4n) is 3.24. The van der Waals surface area contributed by atoms with Crippen LogP contribution in [0.3, 0.4) is 0 Å². The number of fused-ring (bicyclic) bond motifs is 1. The average molecular weight is 427 g/mol. The number of benzene rings is 1. The van der Waals surface area contributed by atoms with Crippen molar-refractivity contribution in [3.63, 3.8) is 0 Å². The highest BCUT2D eigenvalue weighted by atomic mass is 16.6. The molecule has 3 rings (SSSR count). The molecule has 0 aliphatic heterocycles. The number of hydrazone groups is 1. The van der Waals surface area contributed by atoms with Gasteiger partial charge in [-0.05, 0) is 46.6 Å². The Labute approximate surface area is 179 Å². The summed E-state index contributed by atoms with van der Waals surface area (Å²) in [4.78, 5) is 35.3. The molecule has 0 fully saturated rings. The standard InChI is InChI=1S/C21H25N5O5/c1-12-17-15(22-23-19(27)13-7-5-8-14(11-13)26(29)30)9-6-10-16(17)31-18(12)20(28)24-25-21(2,3)4/h5,7-8,11,25H,6,9-10H2,1-4H3,(H,23,27)(H,24,28)/b22-15+. The summed E-state index contributed by atoms with van der Waals surface area (Å²) in [6.45, 7) is 7.53. The van der Waals surface area contributed by atoms with Crippen molar-refractivity contribution in [3.8, 4) is 0 Å². The third kappa shape index (κ3) is 5.15. The van der Waals surface area contributed by atoms with E-state index in [4.69, 9.17) is 4.42 Å². The van der Waals surface area contributed by atoms with Gasteiger partial charge in [-0.2, -0.15) is 5.10 Å². The predicted molar refractivity (Wildman–Crippen MR) is 114 cm³/mol. The largest absolute Gasteiger partial charge is 0.455 e. The van der Waals surface area contributed by atoms with Crippen molar-refractivity contribution >= 4 is 23.2 Å². The maximum Gasteiger partial charge on any atom is 0.301 e. The van der Waals surface area contributed by atoms with E-state index in [0.717, 1.165) is 6.42 Å². The van der Waals surface area contributed by atoms with E-state index in [2.05, 4.69) is 21.4 Å². The Balaban J connectivity index is 1.81. The molecule has 0 spiro atoms. The van der Waals surface area contributed by atoms with Gasteiger partial charge in [-0.15, -0.1) is 0 Å². The SMILES string of the molecule is Cc1c(C(=O)NNC(C)(C)C)oc2c1/C(=N/NC(=O)c1cccc([N+](=O)[O-])c1)CCC2. The van der Waals surface area contributed by atoms with E-state index in [-0.39, 0.29) is 28.5 Å². The van der Waals surface area contributed by atoms with Crippen LogP contribution < -0.4 is 16.3 Å². The summed E-state index contributed by atoms with van der Waals surface area (Å²) in [5, 5.41) is 15.1. The van der Waals surface area contributed by atoms with Crippen molar-refractivity contribution in [2.24, 2.45) is 5.10 Å². The van der Waals surface area contributed by atoms with Crippen molar-refractivity contribution in [2.75, 3.05) is 0 Å². The number of aryl methyl sites for hydroxylation is 1. The number of hydrogen-bond acceptors (Lipinski definition) is 7. The molecule has 1 aromatic carbocycles. The molecular formula is C21H25N5O5. The minimum atomic E-state index is -0.563. The molecule has 0 radical (unpaired) electrons. The zero-order valence-electron chi connectivity index (χ0n) is 17.9. The maximum atomic E-state index is 12.5. The van der Waals surface area contributed by atoms with Gasteiger partial charge in [0.05, 0.1) is 10.6 Å². The Morgan fingerprint density at radius 3 is 2.61 bits per heavy atom. The number of carbonyl (C=O) groups excluding carboxylic acids is 2. The summed E-state index contributed by atoms with van der Waals surface area (Å²) >= 11 is 0. The predicted octanol–water partition coefficient (Wildman–Crippen LogP) is 3.00. The van der Waals surface area contributed by atoms with Crippen LogP contribution in [0.25, 0.3) is 0 Å². The first-order valence-electron chi connectivity index (χ1n) is 9.88. The summed E-state index contributed by atoms with van der Waals surface area (Å²) in [5.74, 6) is -0.104. The van der Waals surface area contributed by atoms with Crippen LogP contribution in [0.5, 0.6) is 0 Å². The van der Waals surface area contributed by atoms with Gasteiger partial charge < -0.3 is 4.42 Å². The number of carbonyl (C=O) groups is 2. The first kappa shape index (κ1) is 22.2. The van der Waals surface area contributed by atoms with Gasteiger partial charge in [0.1, 0.15) is 5.76 Å². The van der Waals surface area contributed by atoms with Gasteiger partial charge in [-0.1, -0.05) is 6.07 Å². The summed E-state index contributed by atoms with van der Waals surface area (Å²) in [7, 11) is 0. The van der Waals surface area contributed by atoms with Gasteiger partial charge in [-0.3, -0.25) is 25.1 Å². The first-order valence-corrected chi connectivity index (χ1v) is 9.88. The molecule has 10 heteroatoms. The lowest BCUT2D eigenvalue weighted by Gasteiger charge is -2.20. The summed E-state index contributed by atoms with van der Waals surface area (Å²) in [6.07, 6.45) is 2.02. The molecule has 3 N–H and O–H groups in total. The number of hydrogen-bond donors (Lipinski definition) is 3. The fraction of sp³-hybridized carbons (Fsp3) is 0.381. The van der Waals surface area contributed by atoms with Crippen LogP contribution in [-0.4, -0.2) is 28.0 Å². The minimum Gasteiger partial charge on any atom is -0.455 e. The molecule has 10 nitrogen and oxygen atoms in total. The lowest BCUT2D eigenvalue weighted by atomic mass is 9.93. The number of amides is 2. The number of nitrogens with zero attached hydrogens (tertiary/aromatic N) is 2. The van der Waals surface area contributed by atoms with Crippen molar-refractivity contribution in [1.29, 1.82) is 0 Å². The number of furan rings is 1. The minimum absolute atomic E-state index is 0.131. The molecule has 0 saturated carbocycles. The zero-order valence-corrected chi connectivity index (χ0v) is 17.9. The molecule has 1 aromatic heterocycles. The van der Waals surface area contributed by atoms with E-state index in [9.17, 15) is 19.7 Å². The van der Waals surface area contributed by atoms with E-state index in [1.807, 2.05) is 20.8 Å². The number of nitro benzene ring substituents is 1. The highest BCUT2D eigenvalue weighted by molar-refractivity contribution is 6.07. The molecule has 0 unspecified atom stereocenters. The Morgan fingerprint density at radius 2 is 1.94 bits per heavy atom. The number of nitrogens with one attached hydrogen (secondary N) is 3. The average Bonchev–Trinajstić information content (AvgIpc) is 3.07. The van der Waals surface area contributed by atoms with Crippen molar-refractivity contribution in [1.82, 2.24) is 16.3 Å². The molecule has 1 heterocycles. The summed E-state index contributed by atoms with van der Waals surface area (Å²) in [5.41, 5.74) is 9.63. The van der Waals surface area contributed by atoms with Gasteiger partial charge in [0, 0.05) is 40.8 Å². The third-order valence-electron chi connectivity index (χ3n) is 4.69. The Bertz CT molecular complexity index is 1060. The van der Waals surface area contributed by atoms with Gasteiger partial charge in [0.25, 0.3) is 11.6 Å². The highest BCUT2D eigenvalue weighted by Gasteiger charge is 2.28. The number of hydrazine groups is 1. The Morgan fingerprint density at radius 1 is 1.19 bits per heavy atom. The monoisotopic (exact) mass is 427 g/mol. The van der Waals surface area contributed by atoms with E-state index in [1.165, 1.54) is 24.3 Å². The van der Waals surface area contributed by atoms with Crippen LogP contribution in [0.1, 0.15) is 71.4 Å². The highest BCUT2D eigenvalue weighted by Crippen LogP contribution is 2.29. The molecule has 1 aliphatic rings. The second-order valence-electron chi connectivity index (χ2n) is 8.34. The Kier molecular flexibility index (Phi) is 6.21. The molecular weight excluding hydrogens is 402 g/mol. The molecule has 1 aliphatic carbocycles. The van der Waals surface area contributed by atoms with Crippen molar-refractivity contribution in [2.45, 2.75) is 52.5 Å². The lowest BCUT2D eigenvalue weighted by Crippen LogP contribution is -2.48. The number of non-ortho nitro benzene ring substituents is 1. The lowest BCUT2D eigenvalue weighted by molar-refractivity contribution is -0.384. The first-order chi connectivity index (χ1) is 14.6. The number of rotatable bonds is 5. The van der Waals surface area contributed by atoms with Gasteiger partial charge in [0.2, 0.25) is 0 Å². The zero-order chi connectivity index (χ0) is 22.8. The maximum absolute atomic E-state index is 12.5. The van der Waals surface area contributed by atoms with Crippen LogP contribution in [0.15, 0.2) is 33.8 Å². The van der Waals surface area contributed by atoms with Crippen LogP contribution >= 0.6 is 0 Å². The van der Waals surface area contributed by atoms with E-state index >= 15 is 0 Å². The quantitative estimate of drug-likeness (QED) is 0.495. The summed E-state index contributed by atoms with van der Waals surface area (Å²) < 4.78 is 5.81.